The summed E-state index contributed by atoms with van der Waals surface area (Å²) in [5, 5.41) is 3.88. The molecule has 4 aromatic rings. The van der Waals surface area contributed by atoms with Crippen molar-refractivity contribution in [3.63, 3.8) is 0 Å². The molecule has 0 atom stereocenters. The third-order valence-corrected chi connectivity index (χ3v) is 6.30. The van der Waals surface area contributed by atoms with Gasteiger partial charge >= 0.3 is 6.18 Å². The molecule has 0 unspecified atom stereocenters. The standard InChI is InChI=1S/C23H16ClF3N2O2S/c1-32(30,31)21-13-16(15-7-3-2-4-8-15)11-12-17(21)20-14-22(23(25,26)27)28-29(20)19-10-6-5-9-18(19)24/h2-14H,1H3. The highest BCUT2D eigenvalue weighted by molar-refractivity contribution is 7.90. The summed E-state index contributed by atoms with van der Waals surface area (Å²) in [5.74, 6) is 0. The third kappa shape index (κ3) is 4.28. The minimum atomic E-state index is -4.73. The van der Waals surface area contributed by atoms with Crippen LogP contribution in [0.5, 0.6) is 0 Å². The molecule has 9 heteroatoms. The Morgan fingerprint density at radius 2 is 1.53 bits per heavy atom. The predicted molar refractivity (Wildman–Crippen MR) is 118 cm³/mol. The van der Waals surface area contributed by atoms with Gasteiger partial charge < -0.3 is 0 Å². The van der Waals surface area contributed by atoms with Gasteiger partial charge in [0.2, 0.25) is 0 Å². The first-order valence-corrected chi connectivity index (χ1v) is 11.6. The van der Waals surface area contributed by atoms with E-state index < -0.39 is 21.7 Å². The van der Waals surface area contributed by atoms with Crippen molar-refractivity contribution in [1.82, 2.24) is 9.78 Å². The molecule has 0 aliphatic heterocycles. The molecule has 0 spiro atoms. The molecule has 32 heavy (non-hydrogen) atoms. The molecule has 0 fully saturated rings. The Kier molecular flexibility index (Phi) is 5.60. The molecule has 0 saturated heterocycles. The normalized spacial score (nSPS) is 12.2. The van der Waals surface area contributed by atoms with Crippen LogP contribution in [-0.2, 0) is 16.0 Å². The fraction of sp³-hybridized carbons (Fsp3) is 0.0870. The van der Waals surface area contributed by atoms with Gasteiger partial charge in [-0.05, 0) is 35.4 Å². The van der Waals surface area contributed by atoms with Gasteiger partial charge in [-0.15, -0.1) is 0 Å². The SMILES string of the molecule is CS(=O)(=O)c1cc(-c2ccccc2)ccc1-c1cc(C(F)(F)F)nn1-c1ccccc1Cl. The van der Waals surface area contributed by atoms with Crippen molar-refractivity contribution in [3.8, 4) is 28.1 Å². The van der Waals surface area contributed by atoms with E-state index in [-0.39, 0.29) is 26.9 Å². The summed E-state index contributed by atoms with van der Waals surface area (Å²) in [7, 11) is -3.80. The lowest BCUT2D eigenvalue weighted by molar-refractivity contribution is -0.141. The van der Waals surface area contributed by atoms with Crippen LogP contribution in [-0.4, -0.2) is 24.5 Å². The first-order valence-electron chi connectivity index (χ1n) is 9.38. The predicted octanol–water partition coefficient (Wildman–Crippen LogP) is 6.28. The number of alkyl halides is 3. The van der Waals surface area contributed by atoms with Crippen LogP contribution in [0.2, 0.25) is 5.02 Å². The fourth-order valence-corrected chi connectivity index (χ4v) is 4.50. The average molecular weight is 477 g/mol. The number of aromatic nitrogens is 2. The Hall–Kier alpha value is -3.10. The highest BCUT2D eigenvalue weighted by atomic mass is 35.5. The first kappa shape index (κ1) is 22.1. The maximum absolute atomic E-state index is 13.5. The number of hydrogen-bond donors (Lipinski definition) is 0. The van der Waals surface area contributed by atoms with Crippen LogP contribution in [0, 0.1) is 0 Å². The minimum absolute atomic E-state index is 0.0366. The second kappa shape index (κ2) is 8.11. The maximum Gasteiger partial charge on any atom is 0.435 e. The second-order valence-electron chi connectivity index (χ2n) is 7.12. The Labute approximate surface area is 187 Å². The van der Waals surface area contributed by atoms with E-state index in [2.05, 4.69) is 5.10 Å². The first-order chi connectivity index (χ1) is 15.1. The molecule has 3 aromatic carbocycles. The van der Waals surface area contributed by atoms with E-state index in [4.69, 9.17) is 11.6 Å². The molecule has 0 aliphatic carbocycles. The molecule has 0 radical (unpaired) electrons. The number of rotatable bonds is 4. The molecule has 1 aromatic heterocycles. The van der Waals surface area contributed by atoms with E-state index in [9.17, 15) is 21.6 Å². The van der Waals surface area contributed by atoms with Gasteiger partial charge in [0.15, 0.2) is 15.5 Å². The summed E-state index contributed by atoms with van der Waals surface area (Å²) in [4.78, 5) is -0.110. The van der Waals surface area contributed by atoms with E-state index in [1.54, 1.807) is 18.2 Å². The van der Waals surface area contributed by atoms with Gasteiger partial charge in [-0.2, -0.15) is 18.3 Å². The molecule has 0 N–H and O–H groups in total. The largest absolute Gasteiger partial charge is 0.435 e. The lowest BCUT2D eigenvalue weighted by Crippen LogP contribution is -2.08. The van der Waals surface area contributed by atoms with Gasteiger partial charge in [-0.3, -0.25) is 0 Å². The quantitative estimate of drug-likeness (QED) is 0.348. The van der Waals surface area contributed by atoms with Gasteiger partial charge in [0.05, 0.1) is 21.3 Å². The van der Waals surface area contributed by atoms with Crippen molar-refractivity contribution in [2.45, 2.75) is 11.1 Å². The van der Waals surface area contributed by atoms with Gasteiger partial charge in [0, 0.05) is 11.8 Å². The summed E-state index contributed by atoms with van der Waals surface area (Å²) >= 11 is 6.22. The summed E-state index contributed by atoms with van der Waals surface area (Å²) < 4.78 is 66.8. The topological polar surface area (TPSA) is 52.0 Å². The van der Waals surface area contributed by atoms with Crippen molar-refractivity contribution in [2.75, 3.05) is 6.26 Å². The van der Waals surface area contributed by atoms with Gasteiger partial charge in [-0.1, -0.05) is 66.2 Å². The number of benzene rings is 3. The molecule has 1 heterocycles. The van der Waals surface area contributed by atoms with E-state index in [1.807, 2.05) is 30.3 Å². The average Bonchev–Trinajstić information content (AvgIpc) is 3.19. The highest BCUT2D eigenvalue weighted by Crippen LogP contribution is 2.38. The van der Waals surface area contributed by atoms with Crippen LogP contribution in [0.15, 0.2) is 83.8 Å². The molecule has 4 nitrogen and oxygen atoms in total. The lowest BCUT2D eigenvalue weighted by Gasteiger charge is -2.14. The Bertz CT molecular complexity index is 1400. The zero-order valence-electron chi connectivity index (χ0n) is 16.6. The van der Waals surface area contributed by atoms with Gasteiger partial charge in [-0.25, -0.2) is 13.1 Å². The summed E-state index contributed by atoms with van der Waals surface area (Å²) in [6, 6.07) is 20.8. The number of sulfone groups is 1. The Morgan fingerprint density at radius 3 is 2.16 bits per heavy atom. The lowest BCUT2D eigenvalue weighted by atomic mass is 10.0. The fourth-order valence-electron chi connectivity index (χ4n) is 3.37. The smallest absolute Gasteiger partial charge is 0.231 e. The summed E-state index contributed by atoms with van der Waals surface area (Å²) in [6.45, 7) is 0. The van der Waals surface area contributed by atoms with Crippen molar-refractivity contribution in [1.29, 1.82) is 0 Å². The zero-order valence-corrected chi connectivity index (χ0v) is 18.2. The molecule has 0 amide bonds. The monoisotopic (exact) mass is 476 g/mol. The van der Waals surface area contributed by atoms with Crippen LogP contribution >= 0.6 is 11.6 Å². The minimum Gasteiger partial charge on any atom is -0.231 e. The molecule has 0 aliphatic rings. The zero-order chi connectivity index (χ0) is 23.1. The van der Waals surface area contributed by atoms with E-state index >= 15 is 0 Å². The number of nitrogens with zero attached hydrogens (tertiary/aromatic N) is 2. The number of para-hydroxylation sites is 1. The van der Waals surface area contributed by atoms with Crippen LogP contribution < -0.4 is 0 Å². The molecule has 0 bridgehead atoms. The van der Waals surface area contributed by atoms with Crippen molar-refractivity contribution < 1.29 is 21.6 Å². The van der Waals surface area contributed by atoms with Gasteiger partial charge in [0.25, 0.3) is 0 Å². The maximum atomic E-state index is 13.5. The van der Waals surface area contributed by atoms with E-state index in [0.29, 0.717) is 5.56 Å². The Balaban J connectivity index is 2.01. The second-order valence-corrected chi connectivity index (χ2v) is 9.52. The number of halogens is 4. The van der Waals surface area contributed by atoms with Crippen molar-refractivity contribution >= 4 is 21.4 Å². The van der Waals surface area contributed by atoms with Crippen molar-refractivity contribution in [3.05, 3.63) is 89.6 Å². The van der Waals surface area contributed by atoms with Gasteiger partial charge in [0.1, 0.15) is 0 Å². The molecule has 4 rings (SSSR count). The van der Waals surface area contributed by atoms with Crippen LogP contribution in [0.1, 0.15) is 5.69 Å². The Morgan fingerprint density at radius 1 is 0.875 bits per heavy atom. The van der Waals surface area contributed by atoms with Crippen LogP contribution in [0.25, 0.3) is 28.1 Å². The highest BCUT2D eigenvalue weighted by Gasteiger charge is 2.36. The molecular weight excluding hydrogens is 461 g/mol. The van der Waals surface area contributed by atoms with E-state index in [0.717, 1.165) is 22.6 Å². The summed E-state index contributed by atoms with van der Waals surface area (Å²) in [5.41, 5.74) is 0.500. The third-order valence-electron chi connectivity index (χ3n) is 4.84. The summed E-state index contributed by atoms with van der Waals surface area (Å²) in [6.07, 6.45) is -3.71. The van der Waals surface area contributed by atoms with Crippen LogP contribution in [0.3, 0.4) is 0 Å². The van der Waals surface area contributed by atoms with E-state index in [1.165, 1.54) is 24.3 Å². The number of hydrogen-bond acceptors (Lipinski definition) is 3. The molecular formula is C23H16ClF3N2O2S. The molecule has 164 valence electrons. The van der Waals surface area contributed by atoms with Crippen molar-refractivity contribution in [2.24, 2.45) is 0 Å². The van der Waals surface area contributed by atoms with Crippen LogP contribution in [0.4, 0.5) is 13.2 Å². The molecule has 0 saturated carbocycles.